The van der Waals surface area contributed by atoms with Gasteiger partial charge in [-0.15, -0.1) is 0 Å². The number of allylic oxidation sites excluding steroid dienone is 3. The van der Waals surface area contributed by atoms with Crippen LogP contribution in [0.15, 0.2) is 42.0 Å². The van der Waals surface area contributed by atoms with E-state index in [4.69, 9.17) is 9.47 Å². The molecule has 0 fully saturated rings. The number of benzene rings is 2. The number of hydrogen-bond acceptors (Lipinski definition) is 5. The number of phenols is 2. The summed E-state index contributed by atoms with van der Waals surface area (Å²) >= 11 is 0. The van der Waals surface area contributed by atoms with E-state index >= 15 is 0 Å². The van der Waals surface area contributed by atoms with E-state index in [0.29, 0.717) is 5.75 Å². The van der Waals surface area contributed by atoms with Gasteiger partial charge in [-0.05, 0) is 44.6 Å². The van der Waals surface area contributed by atoms with Crippen LogP contribution in [-0.2, 0) is 6.42 Å². The Kier molecular flexibility index (Phi) is 6.82. The van der Waals surface area contributed by atoms with E-state index in [2.05, 4.69) is 0 Å². The second-order valence-corrected chi connectivity index (χ2v) is 6.37. The molecule has 0 aliphatic rings. The van der Waals surface area contributed by atoms with Crippen molar-refractivity contribution in [1.82, 2.24) is 0 Å². The Bertz CT molecular complexity index is 940. The zero-order valence-electron chi connectivity index (χ0n) is 16.2. The lowest BCUT2D eigenvalue weighted by Gasteiger charge is -2.13. The standard InChI is InChI=1S/C22H23FO5/c1-13(2)5-9-16-19(25)12-20(28-4)21(22(16)26)18(24)10-7-14-6-8-15(27-3)11-17(14)23/h5-8,10-12,25-26H,9H2,1-4H3/b10-7+. The Balaban J connectivity index is 2.43. The number of aromatic hydroxyl groups is 2. The molecule has 28 heavy (non-hydrogen) atoms. The predicted octanol–water partition coefficient (Wildman–Crippen LogP) is 4.66. The Morgan fingerprint density at radius 1 is 1.14 bits per heavy atom. The van der Waals surface area contributed by atoms with Crippen LogP contribution in [0.3, 0.4) is 0 Å². The SMILES string of the molecule is COc1ccc(/C=C/C(=O)c2c(OC)cc(O)c(CC=C(C)C)c2O)c(F)c1. The topological polar surface area (TPSA) is 76.0 Å². The molecule has 0 radical (unpaired) electrons. The summed E-state index contributed by atoms with van der Waals surface area (Å²) in [6.07, 6.45) is 4.52. The number of ether oxygens (including phenoxy) is 2. The van der Waals surface area contributed by atoms with Crippen molar-refractivity contribution in [3.63, 3.8) is 0 Å². The highest BCUT2D eigenvalue weighted by Gasteiger charge is 2.22. The summed E-state index contributed by atoms with van der Waals surface area (Å²) in [5, 5.41) is 20.7. The van der Waals surface area contributed by atoms with E-state index in [-0.39, 0.29) is 40.4 Å². The highest BCUT2D eigenvalue weighted by molar-refractivity contribution is 6.11. The van der Waals surface area contributed by atoms with Crippen LogP contribution >= 0.6 is 0 Å². The van der Waals surface area contributed by atoms with Gasteiger partial charge in [-0.3, -0.25) is 4.79 Å². The van der Waals surface area contributed by atoms with Crippen LogP contribution in [0.5, 0.6) is 23.0 Å². The number of phenolic OH excluding ortho intramolecular Hbond substituents is 2. The fraction of sp³-hybridized carbons (Fsp3) is 0.227. The lowest BCUT2D eigenvalue weighted by molar-refractivity contribution is 0.104. The Labute approximate surface area is 163 Å². The van der Waals surface area contributed by atoms with Crippen LogP contribution in [0.25, 0.3) is 6.08 Å². The first-order chi connectivity index (χ1) is 13.3. The first-order valence-corrected chi connectivity index (χ1v) is 8.59. The van der Waals surface area contributed by atoms with Gasteiger partial charge in [0.25, 0.3) is 0 Å². The molecule has 0 saturated heterocycles. The van der Waals surface area contributed by atoms with Crippen molar-refractivity contribution in [2.45, 2.75) is 20.3 Å². The minimum atomic E-state index is -0.581. The van der Waals surface area contributed by atoms with Crippen molar-refractivity contribution in [3.8, 4) is 23.0 Å². The van der Waals surface area contributed by atoms with E-state index in [0.717, 1.165) is 11.6 Å². The molecule has 5 nitrogen and oxygen atoms in total. The Hall–Kier alpha value is -3.28. The quantitative estimate of drug-likeness (QED) is 0.411. The molecule has 0 unspecified atom stereocenters. The monoisotopic (exact) mass is 386 g/mol. The van der Waals surface area contributed by atoms with Gasteiger partial charge in [0.2, 0.25) is 0 Å². The number of carbonyl (C=O) groups excluding carboxylic acids is 1. The van der Waals surface area contributed by atoms with Crippen molar-refractivity contribution in [1.29, 1.82) is 0 Å². The van der Waals surface area contributed by atoms with Gasteiger partial charge in [0.1, 0.15) is 34.4 Å². The molecule has 2 rings (SSSR count). The van der Waals surface area contributed by atoms with Gasteiger partial charge in [0.15, 0.2) is 5.78 Å². The number of hydrogen-bond donors (Lipinski definition) is 2. The van der Waals surface area contributed by atoms with Crippen LogP contribution in [0.4, 0.5) is 4.39 Å². The summed E-state index contributed by atoms with van der Waals surface area (Å²) in [5.74, 6) is -1.27. The molecule has 2 aromatic carbocycles. The summed E-state index contributed by atoms with van der Waals surface area (Å²) in [5.41, 5.74) is 1.31. The van der Waals surface area contributed by atoms with Gasteiger partial charge >= 0.3 is 0 Å². The molecule has 0 aromatic heterocycles. The van der Waals surface area contributed by atoms with Gasteiger partial charge in [-0.1, -0.05) is 11.6 Å². The first kappa shape index (κ1) is 21.0. The zero-order chi connectivity index (χ0) is 20.8. The van der Waals surface area contributed by atoms with Gasteiger partial charge in [-0.2, -0.15) is 0 Å². The fourth-order valence-electron chi connectivity index (χ4n) is 2.60. The fourth-order valence-corrected chi connectivity index (χ4v) is 2.60. The summed E-state index contributed by atoms with van der Waals surface area (Å²) in [6.45, 7) is 3.77. The number of ketones is 1. The highest BCUT2D eigenvalue weighted by atomic mass is 19.1. The van der Waals surface area contributed by atoms with Crippen molar-refractivity contribution in [2.24, 2.45) is 0 Å². The van der Waals surface area contributed by atoms with Crippen LogP contribution in [0, 0.1) is 5.82 Å². The summed E-state index contributed by atoms with van der Waals surface area (Å²) < 4.78 is 24.1. The van der Waals surface area contributed by atoms with E-state index in [1.54, 1.807) is 6.07 Å². The van der Waals surface area contributed by atoms with Crippen LogP contribution in [0.2, 0.25) is 0 Å². The predicted molar refractivity (Wildman–Crippen MR) is 106 cm³/mol. The molecular formula is C22H23FO5. The maximum atomic E-state index is 14.1. The van der Waals surface area contributed by atoms with E-state index in [1.807, 2.05) is 19.9 Å². The van der Waals surface area contributed by atoms with E-state index < -0.39 is 11.6 Å². The molecular weight excluding hydrogens is 363 g/mol. The smallest absolute Gasteiger partial charge is 0.193 e. The number of carbonyl (C=O) groups is 1. The van der Waals surface area contributed by atoms with Crippen LogP contribution in [0.1, 0.15) is 35.3 Å². The highest BCUT2D eigenvalue weighted by Crippen LogP contribution is 2.39. The van der Waals surface area contributed by atoms with Crippen LogP contribution < -0.4 is 9.47 Å². The summed E-state index contributed by atoms with van der Waals surface area (Å²) in [6, 6.07) is 5.54. The molecule has 2 N–H and O–H groups in total. The van der Waals surface area contributed by atoms with Gasteiger partial charge in [0, 0.05) is 23.3 Å². The second kappa shape index (κ2) is 9.08. The molecule has 0 aliphatic carbocycles. The van der Waals surface area contributed by atoms with Crippen LogP contribution in [-0.4, -0.2) is 30.2 Å². The zero-order valence-corrected chi connectivity index (χ0v) is 16.2. The minimum absolute atomic E-state index is 0.0285. The molecule has 2 aromatic rings. The Morgan fingerprint density at radius 2 is 1.86 bits per heavy atom. The summed E-state index contributed by atoms with van der Waals surface area (Å²) in [4.78, 5) is 12.7. The normalized spacial score (nSPS) is 10.8. The largest absolute Gasteiger partial charge is 0.507 e. The van der Waals surface area contributed by atoms with E-state index in [9.17, 15) is 19.4 Å². The maximum Gasteiger partial charge on any atom is 0.193 e. The minimum Gasteiger partial charge on any atom is -0.507 e. The Morgan fingerprint density at radius 3 is 2.43 bits per heavy atom. The molecule has 6 heteroatoms. The number of methoxy groups -OCH3 is 2. The van der Waals surface area contributed by atoms with Crippen molar-refractivity contribution in [3.05, 3.63) is 64.5 Å². The molecule has 0 heterocycles. The second-order valence-electron chi connectivity index (χ2n) is 6.37. The maximum absolute atomic E-state index is 14.1. The third-order valence-electron chi connectivity index (χ3n) is 4.15. The van der Waals surface area contributed by atoms with Crippen molar-refractivity contribution >= 4 is 11.9 Å². The lowest BCUT2D eigenvalue weighted by atomic mass is 9.99. The van der Waals surface area contributed by atoms with Gasteiger partial charge in [0.05, 0.1) is 14.2 Å². The molecule has 0 aliphatic heterocycles. The average Bonchev–Trinajstić information content (AvgIpc) is 2.65. The third-order valence-corrected chi connectivity index (χ3v) is 4.15. The van der Waals surface area contributed by atoms with Crippen molar-refractivity contribution in [2.75, 3.05) is 14.2 Å². The number of halogens is 1. The molecule has 0 amide bonds. The molecule has 0 atom stereocenters. The van der Waals surface area contributed by atoms with Crippen molar-refractivity contribution < 1.29 is 28.9 Å². The lowest BCUT2D eigenvalue weighted by Crippen LogP contribution is -2.02. The van der Waals surface area contributed by atoms with E-state index in [1.165, 1.54) is 38.5 Å². The van der Waals surface area contributed by atoms with Gasteiger partial charge in [-0.25, -0.2) is 4.39 Å². The molecule has 148 valence electrons. The average molecular weight is 386 g/mol. The third kappa shape index (κ3) is 4.71. The van der Waals surface area contributed by atoms with Gasteiger partial charge < -0.3 is 19.7 Å². The number of rotatable bonds is 7. The summed E-state index contributed by atoms with van der Waals surface area (Å²) in [7, 11) is 2.76. The molecule has 0 bridgehead atoms. The molecule has 0 spiro atoms. The first-order valence-electron chi connectivity index (χ1n) is 8.59. The molecule has 0 saturated carbocycles.